The minimum atomic E-state index is -1.04. The largest absolute Gasteiger partial charge is 0.507 e. The van der Waals surface area contributed by atoms with Crippen LogP contribution in [0.2, 0.25) is 0 Å². The third-order valence-electron chi connectivity index (χ3n) is 7.37. The Morgan fingerprint density at radius 3 is 1.30 bits per heavy atom. The molecule has 0 saturated heterocycles. The molecule has 0 aliphatic heterocycles. The van der Waals surface area contributed by atoms with E-state index in [-0.39, 0.29) is 16.9 Å². The van der Waals surface area contributed by atoms with E-state index >= 15 is 0 Å². The van der Waals surface area contributed by atoms with Crippen LogP contribution in [0.4, 0.5) is 0 Å². The molecule has 10 heteroatoms. The van der Waals surface area contributed by atoms with Crippen molar-refractivity contribution in [3.63, 3.8) is 0 Å². The van der Waals surface area contributed by atoms with Gasteiger partial charge in [-0.05, 0) is 31.0 Å². The SMILES string of the molecule is CCCCCCCCOC(=O)c1ccccc1C(=O)OCCCCCCCC.Oc1ccccc1-c1c(O)c(O)c(O)c(O)c1O. The molecule has 6 N–H and O–H groups in total. The molecule has 0 aliphatic rings. The van der Waals surface area contributed by atoms with Crippen molar-refractivity contribution < 1.29 is 49.7 Å². The summed E-state index contributed by atoms with van der Waals surface area (Å²) in [5.41, 5.74) is 0.210. The molecular formula is C36H48O10. The van der Waals surface area contributed by atoms with Gasteiger partial charge in [0.15, 0.2) is 11.5 Å². The zero-order valence-electron chi connectivity index (χ0n) is 26.8. The molecule has 0 spiro atoms. The Balaban J connectivity index is 0.000000350. The summed E-state index contributed by atoms with van der Waals surface area (Å²) in [6.07, 6.45) is 13.6. The molecule has 10 nitrogen and oxygen atoms in total. The monoisotopic (exact) mass is 640 g/mol. The van der Waals surface area contributed by atoms with Crippen molar-refractivity contribution in [3.8, 4) is 45.6 Å². The van der Waals surface area contributed by atoms with Crippen LogP contribution in [-0.2, 0) is 9.47 Å². The summed E-state index contributed by atoms with van der Waals surface area (Å²) in [7, 11) is 0. The second kappa shape index (κ2) is 20.4. The Morgan fingerprint density at radius 2 is 0.870 bits per heavy atom. The van der Waals surface area contributed by atoms with Crippen molar-refractivity contribution in [1.82, 2.24) is 0 Å². The lowest BCUT2D eigenvalue weighted by Gasteiger charge is -2.13. The van der Waals surface area contributed by atoms with Crippen LogP contribution in [0.15, 0.2) is 48.5 Å². The standard InChI is InChI=1S/C24H38O4.C12H10O6/c1-3-5-7-9-11-15-19-27-23(25)21-17-13-14-18-22(21)24(26)28-20-16-12-10-8-6-4-2;13-6-4-2-1-3-5(6)7-8(14)10(16)12(18)11(17)9(7)15/h13-14,17-18H,3-12,15-16,19-20H2,1-2H3;1-4,13-18H. The maximum atomic E-state index is 12.4. The van der Waals surface area contributed by atoms with Crippen LogP contribution in [0.3, 0.4) is 0 Å². The summed E-state index contributed by atoms with van der Waals surface area (Å²) in [6, 6.07) is 12.4. The van der Waals surface area contributed by atoms with Crippen molar-refractivity contribution in [1.29, 1.82) is 0 Å². The van der Waals surface area contributed by atoms with E-state index < -0.39 is 40.7 Å². The fourth-order valence-electron chi connectivity index (χ4n) is 4.71. The second-order valence-electron chi connectivity index (χ2n) is 11.0. The van der Waals surface area contributed by atoms with Crippen molar-refractivity contribution in [2.45, 2.75) is 90.9 Å². The molecule has 3 aromatic rings. The second-order valence-corrected chi connectivity index (χ2v) is 11.0. The molecule has 252 valence electrons. The van der Waals surface area contributed by atoms with Gasteiger partial charge >= 0.3 is 11.9 Å². The van der Waals surface area contributed by atoms with Crippen molar-refractivity contribution >= 4 is 11.9 Å². The first-order valence-electron chi connectivity index (χ1n) is 16.1. The molecule has 0 bridgehead atoms. The van der Waals surface area contributed by atoms with Crippen LogP contribution in [0, 0.1) is 0 Å². The molecule has 0 aliphatic carbocycles. The Kier molecular flexibility index (Phi) is 16.7. The van der Waals surface area contributed by atoms with Gasteiger partial charge in [-0.3, -0.25) is 0 Å². The van der Waals surface area contributed by atoms with E-state index in [2.05, 4.69) is 13.8 Å². The number of phenols is 6. The molecule has 0 unspecified atom stereocenters. The number of ether oxygens (including phenoxy) is 2. The van der Waals surface area contributed by atoms with Gasteiger partial charge in [-0.1, -0.05) is 108 Å². The summed E-state index contributed by atoms with van der Waals surface area (Å²) < 4.78 is 10.7. The predicted molar refractivity (Wildman–Crippen MR) is 176 cm³/mol. The first kappa shape index (κ1) is 37.6. The minimum Gasteiger partial charge on any atom is -0.507 e. The van der Waals surface area contributed by atoms with Gasteiger partial charge in [-0.25, -0.2) is 9.59 Å². The maximum Gasteiger partial charge on any atom is 0.339 e. The Hall–Kier alpha value is -4.60. The number of aromatic hydroxyl groups is 6. The fourth-order valence-corrected chi connectivity index (χ4v) is 4.71. The summed E-state index contributed by atoms with van der Waals surface area (Å²) in [5.74, 6) is -5.85. The Labute approximate surface area is 270 Å². The number of hydrogen-bond acceptors (Lipinski definition) is 10. The Bertz CT molecular complexity index is 1310. The predicted octanol–water partition coefficient (Wildman–Crippen LogP) is 8.31. The molecule has 0 atom stereocenters. The van der Waals surface area contributed by atoms with Crippen LogP contribution >= 0.6 is 0 Å². The number of carbonyl (C=O) groups excluding carboxylic acids is 2. The number of hydrogen-bond donors (Lipinski definition) is 6. The van der Waals surface area contributed by atoms with Gasteiger partial charge in [-0.2, -0.15) is 0 Å². The Morgan fingerprint density at radius 1 is 0.500 bits per heavy atom. The normalized spacial score (nSPS) is 10.6. The van der Waals surface area contributed by atoms with Crippen LogP contribution < -0.4 is 0 Å². The number of esters is 2. The lowest BCUT2D eigenvalue weighted by molar-refractivity contribution is 0.0450. The highest BCUT2D eigenvalue weighted by molar-refractivity contribution is 6.03. The third kappa shape index (κ3) is 11.4. The van der Waals surface area contributed by atoms with Gasteiger partial charge in [-0.15, -0.1) is 0 Å². The molecule has 3 rings (SSSR count). The number of benzene rings is 3. The van der Waals surface area contributed by atoms with E-state index in [0.29, 0.717) is 24.3 Å². The summed E-state index contributed by atoms with van der Waals surface area (Å²) in [5, 5.41) is 57.0. The zero-order valence-corrected chi connectivity index (χ0v) is 26.8. The van der Waals surface area contributed by atoms with Crippen molar-refractivity contribution in [3.05, 3.63) is 59.7 Å². The van der Waals surface area contributed by atoms with Gasteiger partial charge in [0.25, 0.3) is 0 Å². The topological polar surface area (TPSA) is 174 Å². The first-order chi connectivity index (χ1) is 22.1. The van der Waals surface area contributed by atoms with E-state index in [1.165, 1.54) is 75.6 Å². The highest BCUT2D eigenvalue weighted by atomic mass is 16.5. The van der Waals surface area contributed by atoms with Gasteiger partial charge in [0.05, 0.1) is 29.9 Å². The average Bonchev–Trinajstić information content (AvgIpc) is 3.06. The molecule has 0 amide bonds. The zero-order chi connectivity index (χ0) is 33.9. The minimum absolute atomic E-state index is 0.00176. The first-order valence-corrected chi connectivity index (χ1v) is 16.1. The van der Waals surface area contributed by atoms with Gasteiger partial charge in [0, 0.05) is 5.56 Å². The summed E-state index contributed by atoms with van der Waals surface area (Å²) >= 11 is 0. The van der Waals surface area contributed by atoms with Gasteiger partial charge in [0.2, 0.25) is 17.2 Å². The molecule has 0 fully saturated rings. The molecule has 0 heterocycles. The average molecular weight is 641 g/mol. The molecule has 0 radical (unpaired) electrons. The van der Waals surface area contributed by atoms with Gasteiger partial charge in [0.1, 0.15) is 5.75 Å². The van der Waals surface area contributed by atoms with Crippen molar-refractivity contribution in [2.24, 2.45) is 0 Å². The van der Waals surface area contributed by atoms with E-state index in [1.807, 2.05) is 0 Å². The summed E-state index contributed by atoms with van der Waals surface area (Å²) in [6.45, 7) is 5.17. The maximum absolute atomic E-state index is 12.4. The molecule has 46 heavy (non-hydrogen) atoms. The highest BCUT2D eigenvalue weighted by Crippen LogP contribution is 2.55. The van der Waals surface area contributed by atoms with E-state index in [4.69, 9.17) is 9.47 Å². The van der Waals surface area contributed by atoms with Crippen LogP contribution in [0.1, 0.15) is 112 Å². The van der Waals surface area contributed by atoms with Crippen LogP contribution in [-0.4, -0.2) is 55.8 Å². The number of carbonyl (C=O) groups is 2. The van der Waals surface area contributed by atoms with Crippen LogP contribution in [0.25, 0.3) is 11.1 Å². The van der Waals surface area contributed by atoms with E-state index in [1.54, 1.807) is 24.3 Å². The van der Waals surface area contributed by atoms with Crippen molar-refractivity contribution in [2.75, 3.05) is 13.2 Å². The van der Waals surface area contributed by atoms with Crippen LogP contribution in [0.5, 0.6) is 34.5 Å². The lowest BCUT2D eigenvalue weighted by Crippen LogP contribution is -2.15. The molecule has 0 saturated carbocycles. The third-order valence-corrected chi connectivity index (χ3v) is 7.37. The lowest BCUT2D eigenvalue weighted by atomic mass is 10.0. The number of para-hydroxylation sites is 1. The number of phenolic OH excluding ortho intramolecular Hbond substituents is 6. The fraction of sp³-hybridized carbons (Fsp3) is 0.444. The summed E-state index contributed by atoms with van der Waals surface area (Å²) in [4.78, 5) is 24.7. The molecule has 3 aromatic carbocycles. The van der Waals surface area contributed by atoms with Gasteiger partial charge < -0.3 is 40.1 Å². The number of rotatable bonds is 17. The smallest absolute Gasteiger partial charge is 0.339 e. The quantitative estimate of drug-likeness (QED) is 0.0364. The van der Waals surface area contributed by atoms with E-state index in [9.17, 15) is 40.2 Å². The van der Waals surface area contributed by atoms with E-state index in [0.717, 1.165) is 25.7 Å². The molecular weight excluding hydrogens is 592 g/mol. The number of unbranched alkanes of at least 4 members (excludes halogenated alkanes) is 10. The highest BCUT2D eigenvalue weighted by Gasteiger charge is 2.25. The molecule has 0 aromatic heterocycles.